The number of urea groups is 1. The van der Waals surface area contributed by atoms with Gasteiger partial charge in [-0.2, -0.15) is 0 Å². The van der Waals surface area contributed by atoms with Crippen molar-refractivity contribution in [3.8, 4) is 0 Å². The van der Waals surface area contributed by atoms with E-state index in [1.54, 1.807) is 29.2 Å². The van der Waals surface area contributed by atoms with E-state index in [1.165, 1.54) is 0 Å². The molecule has 2 amide bonds. The van der Waals surface area contributed by atoms with Crippen LogP contribution in [0.25, 0.3) is 0 Å². The number of rotatable bonds is 1. The zero-order valence-corrected chi connectivity index (χ0v) is 11.5. The number of nitrogens with two attached hydrogens (primary N) is 1. The normalized spacial score (nSPS) is 13.2. The molecule has 0 saturated carbocycles. The van der Waals surface area contributed by atoms with Gasteiger partial charge in [0, 0.05) is 22.9 Å². The predicted octanol–water partition coefficient (Wildman–Crippen LogP) is 3.52. The maximum atomic E-state index is 12.3. The molecule has 0 bridgehead atoms. The molecule has 3 rings (SSSR count). The molecule has 2 aromatic rings. The number of hydrogen-bond acceptors (Lipinski definition) is 2. The van der Waals surface area contributed by atoms with Crippen molar-refractivity contribution in [3.63, 3.8) is 0 Å². The molecule has 0 spiro atoms. The molecule has 1 heterocycles. The van der Waals surface area contributed by atoms with Gasteiger partial charge in [-0.15, -0.1) is 0 Å². The second-order valence-electron chi connectivity index (χ2n) is 4.73. The Morgan fingerprint density at radius 3 is 2.90 bits per heavy atom. The fourth-order valence-corrected chi connectivity index (χ4v) is 2.55. The van der Waals surface area contributed by atoms with Crippen LogP contribution in [0.2, 0.25) is 5.02 Å². The van der Waals surface area contributed by atoms with Crippen LogP contribution in [0, 0.1) is 0 Å². The van der Waals surface area contributed by atoms with Crippen molar-refractivity contribution in [3.05, 3.63) is 53.1 Å². The van der Waals surface area contributed by atoms with Crippen LogP contribution in [0.5, 0.6) is 0 Å². The number of carbonyl (C=O) groups excluding carboxylic acids is 1. The molecular formula is C15H14ClN3O. The lowest BCUT2D eigenvalue weighted by Gasteiger charge is -2.18. The minimum Gasteiger partial charge on any atom is -0.399 e. The first-order valence-corrected chi connectivity index (χ1v) is 6.74. The zero-order chi connectivity index (χ0) is 14.1. The number of nitrogens with one attached hydrogen (secondary N) is 1. The van der Waals surface area contributed by atoms with Crippen molar-refractivity contribution < 1.29 is 4.79 Å². The average Bonchev–Trinajstić information content (AvgIpc) is 2.81. The molecule has 0 atom stereocenters. The Morgan fingerprint density at radius 2 is 2.10 bits per heavy atom. The quantitative estimate of drug-likeness (QED) is 0.789. The highest BCUT2D eigenvalue weighted by atomic mass is 35.5. The van der Waals surface area contributed by atoms with Gasteiger partial charge >= 0.3 is 6.03 Å². The molecule has 20 heavy (non-hydrogen) atoms. The molecule has 1 aliphatic rings. The van der Waals surface area contributed by atoms with Crippen LogP contribution in [0.3, 0.4) is 0 Å². The van der Waals surface area contributed by atoms with Crippen molar-refractivity contribution >= 4 is 34.7 Å². The van der Waals surface area contributed by atoms with E-state index in [4.69, 9.17) is 17.3 Å². The van der Waals surface area contributed by atoms with Crippen molar-refractivity contribution in [2.24, 2.45) is 0 Å². The highest BCUT2D eigenvalue weighted by Crippen LogP contribution is 2.30. The Morgan fingerprint density at radius 1 is 1.25 bits per heavy atom. The lowest BCUT2D eigenvalue weighted by Crippen LogP contribution is -2.33. The number of halogens is 1. The highest BCUT2D eigenvalue weighted by molar-refractivity contribution is 6.30. The van der Waals surface area contributed by atoms with Crippen LogP contribution < -0.4 is 16.0 Å². The second-order valence-corrected chi connectivity index (χ2v) is 5.17. The van der Waals surface area contributed by atoms with Crippen molar-refractivity contribution in [2.75, 3.05) is 22.5 Å². The number of carbonyl (C=O) groups is 1. The molecule has 1 aliphatic heterocycles. The third-order valence-corrected chi connectivity index (χ3v) is 3.56. The van der Waals surface area contributed by atoms with Gasteiger partial charge in [0.15, 0.2) is 0 Å². The van der Waals surface area contributed by atoms with Gasteiger partial charge in [-0.3, -0.25) is 4.90 Å². The Labute approximate surface area is 122 Å². The van der Waals surface area contributed by atoms with Crippen molar-refractivity contribution in [1.29, 1.82) is 0 Å². The van der Waals surface area contributed by atoms with Gasteiger partial charge in [0.05, 0.1) is 5.69 Å². The van der Waals surface area contributed by atoms with E-state index >= 15 is 0 Å². The minimum atomic E-state index is -0.170. The zero-order valence-electron chi connectivity index (χ0n) is 10.8. The van der Waals surface area contributed by atoms with E-state index < -0.39 is 0 Å². The van der Waals surface area contributed by atoms with E-state index in [2.05, 4.69) is 5.32 Å². The maximum Gasteiger partial charge on any atom is 0.326 e. The third-order valence-electron chi connectivity index (χ3n) is 3.33. The number of nitrogen functional groups attached to an aromatic ring is 1. The Bertz CT molecular complexity index is 672. The molecule has 0 aliphatic carbocycles. The summed E-state index contributed by atoms with van der Waals surface area (Å²) < 4.78 is 0. The smallest absolute Gasteiger partial charge is 0.326 e. The van der Waals surface area contributed by atoms with Gasteiger partial charge in [0.1, 0.15) is 0 Å². The van der Waals surface area contributed by atoms with Gasteiger partial charge in [-0.05, 0) is 42.3 Å². The first kappa shape index (κ1) is 12.8. The van der Waals surface area contributed by atoms with Crippen LogP contribution in [-0.2, 0) is 6.42 Å². The number of fused-ring (bicyclic) bond motifs is 1. The molecule has 0 saturated heterocycles. The van der Waals surface area contributed by atoms with Gasteiger partial charge in [0.25, 0.3) is 0 Å². The first-order valence-electron chi connectivity index (χ1n) is 6.36. The number of benzene rings is 2. The van der Waals surface area contributed by atoms with E-state index in [1.807, 2.05) is 18.2 Å². The molecule has 3 N–H and O–H groups in total. The lowest BCUT2D eigenvalue weighted by molar-refractivity contribution is 0.257. The molecule has 5 heteroatoms. The second kappa shape index (κ2) is 5.06. The Hall–Kier alpha value is -2.20. The lowest BCUT2D eigenvalue weighted by atomic mass is 10.1. The van der Waals surface area contributed by atoms with Gasteiger partial charge in [-0.25, -0.2) is 4.79 Å². The largest absolute Gasteiger partial charge is 0.399 e. The van der Waals surface area contributed by atoms with Crippen LogP contribution in [0.15, 0.2) is 42.5 Å². The maximum absolute atomic E-state index is 12.3. The summed E-state index contributed by atoms with van der Waals surface area (Å²) in [5.41, 5.74) is 9.15. The topological polar surface area (TPSA) is 58.4 Å². The monoisotopic (exact) mass is 287 g/mol. The molecular weight excluding hydrogens is 274 g/mol. The van der Waals surface area contributed by atoms with E-state index in [9.17, 15) is 4.79 Å². The van der Waals surface area contributed by atoms with Crippen molar-refractivity contribution in [2.45, 2.75) is 6.42 Å². The first-order chi connectivity index (χ1) is 9.63. The standard InChI is InChI=1S/C15H14ClN3O/c16-11-2-1-3-13(8-11)18-15(20)19-7-6-10-4-5-12(17)9-14(10)19/h1-5,8-9H,6-7,17H2,(H,18,20). The average molecular weight is 288 g/mol. The predicted molar refractivity (Wildman–Crippen MR) is 82.4 cm³/mol. The molecule has 2 aromatic carbocycles. The number of hydrogen-bond donors (Lipinski definition) is 2. The molecule has 0 fully saturated rings. The third kappa shape index (κ3) is 2.42. The van der Waals surface area contributed by atoms with E-state index in [0.717, 1.165) is 17.7 Å². The summed E-state index contributed by atoms with van der Waals surface area (Å²) in [6.45, 7) is 0.658. The summed E-state index contributed by atoms with van der Waals surface area (Å²) in [6.07, 6.45) is 0.846. The summed E-state index contributed by atoms with van der Waals surface area (Å²) in [5.74, 6) is 0. The number of nitrogens with zero attached hydrogens (tertiary/aromatic N) is 1. The molecule has 0 radical (unpaired) electrons. The van der Waals surface area contributed by atoms with Gasteiger partial charge in [0.2, 0.25) is 0 Å². The summed E-state index contributed by atoms with van der Waals surface area (Å²) >= 11 is 5.91. The highest BCUT2D eigenvalue weighted by Gasteiger charge is 2.24. The molecule has 0 aromatic heterocycles. The minimum absolute atomic E-state index is 0.170. The van der Waals surface area contributed by atoms with Crippen LogP contribution in [0.1, 0.15) is 5.56 Å². The number of anilines is 3. The Kier molecular flexibility index (Phi) is 3.24. The van der Waals surface area contributed by atoms with Crippen LogP contribution in [0.4, 0.5) is 21.9 Å². The van der Waals surface area contributed by atoms with E-state index in [0.29, 0.717) is 22.9 Å². The fraction of sp³-hybridized carbons (Fsp3) is 0.133. The summed E-state index contributed by atoms with van der Waals surface area (Å²) in [5, 5.41) is 3.44. The molecule has 102 valence electrons. The van der Waals surface area contributed by atoms with Crippen LogP contribution in [-0.4, -0.2) is 12.6 Å². The summed E-state index contributed by atoms with van der Waals surface area (Å²) in [7, 11) is 0. The summed E-state index contributed by atoms with van der Waals surface area (Å²) in [6, 6.07) is 12.6. The van der Waals surface area contributed by atoms with Gasteiger partial charge < -0.3 is 11.1 Å². The SMILES string of the molecule is Nc1ccc2c(c1)N(C(=O)Nc1cccc(Cl)c1)CC2. The van der Waals surface area contributed by atoms with E-state index in [-0.39, 0.29) is 6.03 Å². The molecule has 4 nitrogen and oxygen atoms in total. The van der Waals surface area contributed by atoms with Crippen LogP contribution >= 0.6 is 11.6 Å². The van der Waals surface area contributed by atoms with Crippen molar-refractivity contribution in [1.82, 2.24) is 0 Å². The number of amides is 2. The fourth-order valence-electron chi connectivity index (χ4n) is 2.36. The summed E-state index contributed by atoms with van der Waals surface area (Å²) in [4.78, 5) is 14.0. The molecule has 0 unspecified atom stereocenters. The van der Waals surface area contributed by atoms with Gasteiger partial charge in [-0.1, -0.05) is 23.7 Å². The Balaban J connectivity index is 1.82.